The van der Waals surface area contributed by atoms with E-state index in [9.17, 15) is 19.2 Å². The molecule has 9 rings (SSSR count). The van der Waals surface area contributed by atoms with Crippen LogP contribution < -0.4 is 15.4 Å². The van der Waals surface area contributed by atoms with E-state index in [1.165, 1.54) is 14.2 Å². The number of hydrogen-bond donors (Lipinski definition) is 4. The number of alkyl carbamates (subject to hydrolysis) is 2. The number of methoxy groups -OCH3 is 2. The van der Waals surface area contributed by atoms with Crippen molar-refractivity contribution in [3.8, 4) is 28.1 Å². The number of hydrogen-bond acceptors (Lipinski definition) is 10. The van der Waals surface area contributed by atoms with Crippen molar-refractivity contribution in [1.29, 1.82) is 0 Å². The van der Waals surface area contributed by atoms with Crippen LogP contribution in [0.25, 0.3) is 44.2 Å². The Balaban J connectivity index is 0.959. The van der Waals surface area contributed by atoms with Crippen molar-refractivity contribution in [2.24, 2.45) is 17.8 Å². The maximum atomic E-state index is 14.2. The van der Waals surface area contributed by atoms with Crippen molar-refractivity contribution in [2.45, 2.75) is 96.6 Å². The van der Waals surface area contributed by atoms with Crippen LogP contribution in [0.3, 0.4) is 0 Å². The molecule has 0 bridgehead atoms. The van der Waals surface area contributed by atoms with Gasteiger partial charge in [0.1, 0.15) is 36.1 Å². The van der Waals surface area contributed by atoms with Gasteiger partial charge in [0, 0.05) is 36.8 Å². The third-order valence-electron chi connectivity index (χ3n) is 13.5. The normalized spacial score (nSPS) is 22.1. The molecule has 4 aliphatic heterocycles. The summed E-state index contributed by atoms with van der Waals surface area (Å²) in [5, 5.41) is 7.53. The molecule has 4 N–H and O–H groups in total. The first-order valence-corrected chi connectivity index (χ1v) is 22.1. The highest BCUT2D eigenvalue weighted by Crippen LogP contribution is 2.44. The minimum absolute atomic E-state index is 0.0276. The highest BCUT2D eigenvalue weighted by atomic mass is 16.5. The molecular formula is C47H56N8O8. The lowest BCUT2D eigenvalue weighted by Gasteiger charge is -2.34. The van der Waals surface area contributed by atoms with Gasteiger partial charge in [-0.15, -0.1) is 0 Å². The zero-order valence-corrected chi connectivity index (χ0v) is 36.7. The minimum Gasteiger partial charge on any atom is -0.488 e. The van der Waals surface area contributed by atoms with E-state index < -0.39 is 24.3 Å². The van der Waals surface area contributed by atoms with Crippen molar-refractivity contribution in [3.05, 3.63) is 65.9 Å². The molecule has 16 nitrogen and oxygen atoms in total. The third kappa shape index (κ3) is 7.93. The molecule has 2 aromatic heterocycles. The summed E-state index contributed by atoms with van der Waals surface area (Å²) < 4.78 is 21.7. The molecule has 16 heteroatoms. The molecule has 0 spiro atoms. The van der Waals surface area contributed by atoms with E-state index in [1.54, 1.807) is 0 Å². The predicted molar refractivity (Wildman–Crippen MR) is 235 cm³/mol. The molecule has 5 aromatic rings. The van der Waals surface area contributed by atoms with Crippen LogP contribution in [-0.2, 0) is 30.4 Å². The van der Waals surface area contributed by atoms with E-state index >= 15 is 0 Å². The molecule has 0 radical (unpaired) electrons. The smallest absolute Gasteiger partial charge is 0.407 e. The number of carbonyl (C=O) groups excluding carboxylic acids is 4. The lowest BCUT2D eigenvalue weighted by atomic mass is 9.90. The van der Waals surface area contributed by atoms with Gasteiger partial charge in [-0.3, -0.25) is 9.59 Å². The molecule has 2 unspecified atom stereocenters. The fourth-order valence-corrected chi connectivity index (χ4v) is 10.1. The number of carbonyl (C=O) groups is 4. The summed E-state index contributed by atoms with van der Waals surface area (Å²) in [7, 11) is 2.60. The highest BCUT2D eigenvalue weighted by Gasteiger charge is 2.43. The van der Waals surface area contributed by atoms with E-state index in [2.05, 4.69) is 63.9 Å². The number of H-pyrrole nitrogens is 2. The number of nitrogens with zero attached hydrogens (tertiary/aromatic N) is 4. The topological polar surface area (TPSA) is 193 Å². The average Bonchev–Trinajstić information content (AvgIpc) is 4.12. The summed E-state index contributed by atoms with van der Waals surface area (Å²) in [6, 6.07) is 12.7. The van der Waals surface area contributed by atoms with Gasteiger partial charge in [0.25, 0.3) is 0 Å². The molecule has 4 amide bonds. The lowest BCUT2D eigenvalue weighted by molar-refractivity contribution is -0.138. The maximum Gasteiger partial charge on any atom is 0.407 e. The van der Waals surface area contributed by atoms with Crippen LogP contribution in [0.5, 0.6) is 5.75 Å². The number of fused-ring (bicyclic) bond motifs is 6. The summed E-state index contributed by atoms with van der Waals surface area (Å²) in [6.45, 7) is 10.0. The Morgan fingerprint density at radius 3 is 2.40 bits per heavy atom. The van der Waals surface area contributed by atoms with Gasteiger partial charge in [-0.2, -0.15) is 0 Å². The highest BCUT2D eigenvalue weighted by molar-refractivity contribution is 6.07. The molecule has 63 heavy (non-hydrogen) atoms. The molecule has 6 heterocycles. The number of rotatable bonds is 9. The van der Waals surface area contributed by atoms with Crippen molar-refractivity contribution in [2.75, 3.05) is 34.0 Å². The number of ether oxygens (including phenoxy) is 4. The van der Waals surface area contributed by atoms with Gasteiger partial charge in [0.2, 0.25) is 11.8 Å². The number of benzene rings is 3. The van der Waals surface area contributed by atoms with Crippen LogP contribution in [0.2, 0.25) is 0 Å². The zero-order chi connectivity index (χ0) is 44.1. The summed E-state index contributed by atoms with van der Waals surface area (Å²) in [5.41, 5.74) is 6.58. The Bertz CT molecular complexity index is 2560. The average molecular weight is 861 g/mol. The number of likely N-dealkylation sites (tertiary alicyclic amines) is 2. The van der Waals surface area contributed by atoms with Gasteiger partial charge in [-0.1, -0.05) is 39.0 Å². The van der Waals surface area contributed by atoms with E-state index in [-0.39, 0.29) is 47.7 Å². The second kappa shape index (κ2) is 17.2. The van der Waals surface area contributed by atoms with Gasteiger partial charge in [-0.25, -0.2) is 19.6 Å². The monoisotopic (exact) mass is 860 g/mol. The van der Waals surface area contributed by atoms with Crippen LogP contribution in [-0.4, -0.2) is 106 Å². The Morgan fingerprint density at radius 2 is 1.63 bits per heavy atom. The molecule has 3 fully saturated rings. The minimum atomic E-state index is -0.728. The van der Waals surface area contributed by atoms with Crippen molar-refractivity contribution in [3.63, 3.8) is 0 Å². The van der Waals surface area contributed by atoms with Crippen molar-refractivity contribution < 1.29 is 38.1 Å². The summed E-state index contributed by atoms with van der Waals surface area (Å²) in [5.74, 6) is 1.98. The van der Waals surface area contributed by atoms with E-state index in [1.807, 2.05) is 42.8 Å². The molecule has 3 aromatic carbocycles. The van der Waals surface area contributed by atoms with Crippen molar-refractivity contribution in [1.82, 2.24) is 40.4 Å². The van der Waals surface area contributed by atoms with Gasteiger partial charge < -0.3 is 49.3 Å². The SMILES string of the molecule is COC(=O)NC(C(=O)N1[C@@H](C)CC[C@H]1c1nc2c(ccc3cc4c(cc32)OCc2cc(-c3cnc([C@@H]5C[C@H](C)CN5C(=O)C(NC(=O)OC)C5CCOCC5)[nH]3)ccc2-4)[nH]1)C(C)C. The van der Waals surface area contributed by atoms with Crippen molar-refractivity contribution >= 4 is 45.8 Å². The Kier molecular flexibility index (Phi) is 11.5. The zero-order valence-electron chi connectivity index (χ0n) is 36.7. The third-order valence-corrected chi connectivity index (χ3v) is 13.5. The maximum absolute atomic E-state index is 14.2. The number of imidazole rings is 2. The lowest BCUT2D eigenvalue weighted by Crippen LogP contribution is -2.53. The van der Waals surface area contributed by atoms with Crippen LogP contribution in [0.4, 0.5) is 9.59 Å². The predicted octanol–water partition coefficient (Wildman–Crippen LogP) is 7.16. The number of amides is 4. The van der Waals surface area contributed by atoms with Gasteiger partial charge in [0.05, 0.1) is 49.2 Å². The largest absolute Gasteiger partial charge is 0.488 e. The van der Waals surface area contributed by atoms with Gasteiger partial charge in [0.15, 0.2) is 0 Å². The number of nitrogens with one attached hydrogen (secondary N) is 4. The summed E-state index contributed by atoms with van der Waals surface area (Å²) in [6.07, 6.45) is 4.24. The van der Waals surface area contributed by atoms with Crippen LogP contribution in [0, 0.1) is 17.8 Å². The first-order valence-electron chi connectivity index (χ1n) is 22.1. The molecule has 0 aliphatic carbocycles. The van der Waals surface area contributed by atoms with Crippen LogP contribution >= 0.6 is 0 Å². The molecule has 332 valence electrons. The first-order chi connectivity index (χ1) is 30.4. The standard InChI is InChI=1S/C47H56N8O8/c1-24(2)39(52-46(58)60-5)45(57)55-26(4)7-12-36(55)43-49-34-11-9-28-19-33-31-10-8-29(18-30(31)23-63-38(33)20-32(28)41(34)51-43)35-21-48-42(50-35)37-17-25(3)22-54(37)44(56)40(53-47(59)61-6)27-13-15-62-16-14-27/h8-11,18-21,24-27,36-37,39-40H,7,12-17,22-23H2,1-6H3,(H,48,50)(H,49,51)(H,52,58)(H,53,59)/t25-,26-,36-,37-,39?,40?/m0/s1. The second-order valence-corrected chi connectivity index (χ2v) is 18.0. The fraction of sp³-hybridized carbons (Fsp3) is 0.489. The second-order valence-electron chi connectivity index (χ2n) is 18.0. The van der Waals surface area contributed by atoms with Gasteiger partial charge in [-0.05, 0) is 103 Å². The summed E-state index contributed by atoms with van der Waals surface area (Å²) >= 11 is 0. The summed E-state index contributed by atoms with van der Waals surface area (Å²) in [4.78, 5) is 73.5. The van der Waals surface area contributed by atoms with E-state index in [4.69, 9.17) is 28.9 Å². The fourth-order valence-electron chi connectivity index (χ4n) is 10.1. The number of aromatic amines is 2. The Hall–Kier alpha value is -6.16. The Morgan fingerprint density at radius 1 is 0.857 bits per heavy atom. The molecule has 4 aliphatic rings. The molecule has 6 atom stereocenters. The van der Waals surface area contributed by atoms with Crippen LogP contribution in [0.1, 0.15) is 89.1 Å². The Labute approximate surface area is 365 Å². The molecule has 3 saturated heterocycles. The van der Waals surface area contributed by atoms with E-state index in [0.717, 1.165) is 74.8 Å². The number of aromatic nitrogens is 4. The quantitative estimate of drug-likeness (QED) is 0.118. The van der Waals surface area contributed by atoms with Gasteiger partial charge >= 0.3 is 12.2 Å². The van der Waals surface area contributed by atoms with E-state index in [0.29, 0.717) is 50.9 Å². The molecule has 0 saturated carbocycles. The van der Waals surface area contributed by atoms with Crippen LogP contribution in [0.15, 0.2) is 48.7 Å². The first kappa shape index (κ1) is 42.2. The molecular weight excluding hydrogens is 805 g/mol.